The second-order valence-electron chi connectivity index (χ2n) is 7.30. The third-order valence-electron chi connectivity index (χ3n) is 5.02. The van der Waals surface area contributed by atoms with E-state index in [9.17, 15) is 9.18 Å². The fourth-order valence-corrected chi connectivity index (χ4v) is 3.90. The molecule has 0 N–H and O–H groups in total. The van der Waals surface area contributed by atoms with Crippen LogP contribution < -0.4 is 9.64 Å². The van der Waals surface area contributed by atoms with Crippen molar-refractivity contribution in [2.45, 2.75) is 26.3 Å². The summed E-state index contributed by atoms with van der Waals surface area (Å²) >= 11 is 0. The van der Waals surface area contributed by atoms with Crippen molar-refractivity contribution < 1.29 is 13.9 Å². The number of hydrogen-bond acceptors (Lipinski definition) is 2. The van der Waals surface area contributed by atoms with Gasteiger partial charge in [0.05, 0.1) is 23.9 Å². The lowest BCUT2D eigenvalue weighted by Crippen LogP contribution is -2.46. The zero-order valence-corrected chi connectivity index (χ0v) is 15.3. The average Bonchev–Trinajstić information content (AvgIpc) is 2.87. The lowest BCUT2D eigenvalue weighted by atomic mass is 9.89. The lowest BCUT2D eigenvalue weighted by molar-refractivity contribution is -0.113. The minimum atomic E-state index is -0.421. The number of rotatable bonds is 2. The molecule has 0 saturated carbocycles. The Morgan fingerprint density at radius 2 is 1.77 bits per heavy atom. The van der Waals surface area contributed by atoms with Gasteiger partial charge in [-0.3, -0.25) is 9.69 Å². The van der Waals surface area contributed by atoms with Crippen LogP contribution in [0, 0.1) is 5.82 Å². The van der Waals surface area contributed by atoms with Crippen LogP contribution in [0.4, 0.5) is 10.1 Å². The first kappa shape index (κ1) is 16.6. The fourth-order valence-electron chi connectivity index (χ4n) is 3.90. The molecule has 4 rings (SSSR count). The third kappa shape index (κ3) is 2.37. The van der Waals surface area contributed by atoms with Gasteiger partial charge in [-0.2, -0.15) is 0 Å². The smallest absolute Gasteiger partial charge is 0.259 e. The molecule has 0 spiro atoms. The number of carbonyl (C=O) groups excluding carboxylic acids is 1. The molecule has 0 aliphatic carbocycles. The number of methoxy groups -OCH3 is 1. The van der Waals surface area contributed by atoms with Crippen LogP contribution in [0.1, 0.15) is 37.5 Å². The van der Waals surface area contributed by atoms with E-state index in [1.54, 1.807) is 19.2 Å². The number of allylic oxidation sites excluding steroid dienone is 1. The first-order valence-corrected chi connectivity index (χ1v) is 8.56. The number of nitrogens with zero attached hydrogens (tertiary/aromatic N) is 1. The minimum absolute atomic E-state index is 0.0485. The van der Waals surface area contributed by atoms with Crippen molar-refractivity contribution in [1.29, 1.82) is 0 Å². The Bertz CT molecular complexity index is 984. The van der Waals surface area contributed by atoms with Gasteiger partial charge in [0.15, 0.2) is 0 Å². The zero-order valence-electron chi connectivity index (χ0n) is 15.3. The van der Waals surface area contributed by atoms with E-state index in [2.05, 4.69) is 13.0 Å². The predicted octanol–water partition coefficient (Wildman–Crippen LogP) is 4.92. The molecule has 26 heavy (non-hydrogen) atoms. The molecule has 2 aliphatic heterocycles. The summed E-state index contributed by atoms with van der Waals surface area (Å²) in [5.41, 5.74) is 4.88. The molecule has 3 nitrogen and oxygen atoms in total. The van der Waals surface area contributed by atoms with E-state index < -0.39 is 5.54 Å². The van der Waals surface area contributed by atoms with Crippen molar-refractivity contribution in [3.63, 3.8) is 0 Å². The highest BCUT2D eigenvalue weighted by Crippen LogP contribution is 2.50. The van der Waals surface area contributed by atoms with Crippen molar-refractivity contribution >= 4 is 28.8 Å². The maximum absolute atomic E-state index is 13.3. The van der Waals surface area contributed by atoms with Gasteiger partial charge in [-0.25, -0.2) is 4.39 Å². The number of anilines is 1. The van der Waals surface area contributed by atoms with Crippen LogP contribution in [-0.4, -0.2) is 18.6 Å². The summed E-state index contributed by atoms with van der Waals surface area (Å²) in [5.74, 6) is 0.369. The average molecular weight is 349 g/mol. The van der Waals surface area contributed by atoms with Gasteiger partial charge in [-0.1, -0.05) is 18.2 Å². The highest BCUT2D eigenvalue weighted by molar-refractivity contribution is 6.37. The Kier molecular flexibility index (Phi) is 3.55. The van der Waals surface area contributed by atoms with Crippen LogP contribution in [0.15, 0.2) is 42.5 Å². The third-order valence-corrected chi connectivity index (χ3v) is 5.02. The molecule has 2 heterocycles. The van der Waals surface area contributed by atoms with Crippen molar-refractivity contribution in [2.75, 3.05) is 12.0 Å². The van der Waals surface area contributed by atoms with E-state index in [1.807, 2.05) is 37.0 Å². The number of benzene rings is 2. The molecular weight excluding hydrogens is 329 g/mol. The summed E-state index contributed by atoms with van der Waals surface area (Å²) in [6.07, 6.45) is 3.93. The quantitative estimate of drug-likeness (QED) is 0.721. The molecule has 0 bridgehead atoms. The summed E-state index contributed by atoms with van der Waals surface area (Å²) in [6, 6.07) is 10.0. The van der Waals surface area contributed by atoms with Gasteiger partial charge in [0.2, 0.25) is 0 Å². The standard InChI is InChI=1S/C22H20FNO2/c1-13-12-22(2,3)24-20-17(13)10-16(26-4)11-18(20)19(21(24)25)9-14-5-7-15(23)8-6-14/h5-12H,1-4H3/b19-9+. The molecule has 0 aromatic heterocycles. The summed E-state index contributed by atoms with van der Waals surface area (Å²) in [6.45, 7) is 6.12. The fraction of sp³-hybridized carbons (Fsp3) is 0.227. The Morgan fingerprint density at radius 1 is 1.12 bits per heavy atom. The van der Waals surface area contributed by atoms with Gasteiger partial charge >= 0.3 is 0 Å². The van der Waals surface area contributed by atoms with E-state index in [0.29, 0.717) is 11.3 Å². The molecule has 4 heteroatoms. The number of hydrogen-bond donors (Lipinski definition) is 0. The molecule has 1 amide bonds. The van der Waals surface area contributed by atoms with Gasteiger partial charge in [-0.15, -0.1) is 0 Å². The van der Waals surface area contributed by atoms with Crippen molar-refractivity contribution in [3.8, 4) is 5.75 Å². The lowest BCUT2D eigenvalue weighted by Gasteiger charge is -2.38. The first-order chi connectivity index (χ1) is 12.3. The van der Waals surface area contributed by atoms with Crippen molar-refractivity contribution in [2.24, 2.45) is 0 Å². The number of ether oxygens (including phenoxy) is 1. The normalized spacial score (nSPS) is 18.8. The Morgan fingerprint density at radius 3 is 2.42 bits per heavy atom. The molecule has 0 radical (unpaired) electrons. The molecule has 0 unspecified atom stereocenters. The molecule has 0 saturated heterocycles. The van der Waals surface area contributed by atoms with E-state index in [4.69, 9.17) is 4.74 Å². The van der Waals surface area contributed by atoms with E-state index in [0.717, 1.165) is 28.0 Å². The van der Waals surface area contributed by atoms with Crippen LogP contribution in [0.5, 0.6) is 5.75 Å². The second kappa shape index (κ2) is 5.56. The highest BCUT2D eigenvalue weighted by Gasteiger charge is 2.44. The van der Waals surface area contributed by atoms with E-state index >= 15 is 0 Å². The van der Waals surface area contributed by atoms with Gasteiger partial charge in [0, 0.05) is 11.1 Å². The van der Waals surface area contributed by atoms with Gasteiger partial charge in [0.25, 0.3) is 5.91 Å². The Labute approximate surface area is 152 Å². The Hall–Kier alpha value is -2.88. The molecule has 2 aromatic carbocycles. The zero-order chi connectivity index (χ0) is 18.6. The van der Waals surface area contributed by atoms with Crippen LogP contribution in [-0.2, 0) is 4.79 Å². The van der Waals surface area contributed by atoms with Crippen molar-refractivity contribution in [3.05, 3.63) is 65.0 Å². The van der Waals surface area contributed by atoms with Gasteiger partial charge < -0.3 is 4.74 Å². The predicted molar refractivity (Wildman–Crippen MR) is 102 cm³/mol. The molecule has 2 aliphatic rings. The molecule has 2 aromatic rings. The Balaban J connectivity index is 1.98. The minimum Gasteiger partial charge on any atom is -0.497 e. The van der Waals surface area contributed by atoms with Crippen LogP contribution in [0.3, 0.4) is 0 Å². The largest absolute Gasteiger partial charge is 0.497 e. The molecule has 132 valence electrons. The molecule has 0 atom stereocenters. The number of carbonyl (C=O) groups is 1. The maximum Gasteiger partial charge on any atom is 0.259 e. The van der Waals surface area contributed by atoms with Gasteiger partial charge in [0.1, 0.15) is 11.6 Å². The van der Waals surface area contributed by atoms with Crippen LogP contribution in [0.25, 0.3) is 17.2 Å². The van der Waals surface area contributed by atoms with Crippen LogP contribution >= 0.6 is 0 Å². The van der Waals surface area contributed by atoms with Crippen LogP contribution in [0.2, 0.25) is 0 Å². The van der Waals surface area contributed by atoms with Gasteiger partial charge in [-0.05, 0) is 62.2 Å². The summed E-state index contributed by atoms with van der Waals surface area (Å²) in [5, 5.41) is 0. The SMILES string of the molecule is COc1cc2c3c(c1)/C(=C\c1ccc(F)cc1)C(=O)N3C(C)(C)C=C2C. The number of amides is 1. The highest BCUT2D eigenvalue weighted by atomic mass is 19.1. The first-order valence-electron chi connectivity index (χ1n) is 8.56. The summed E-state index contributed by atoms with van der Waals surface area (Å²) in [7, 11) is 1.62. The van der Waals surface area contributed by atoms with Crippen molar-refractivity contribution in [1.82, 2.24) is 0 Å². The monoisotopic (exact) mass is 349 g/mol. The maximum atomic E-state index is 13.3. The van der Waals surface area contributed by atoms with E-state index in [1.165, 1.54) is 12.1 Å². The molecule has 0 fully saturated rings. The van der Waals surface area contributed by atoms with E-state index in [-0.39, 0.29) is 11.7 Å². The second-order valence-corrected chi connectivity index (χ2v) is 7.30. The molecular formula is C22H20FNO2. The summed E-state index contributed by atoms with van der Waals surface area (Å²) in [4.78, 5) is 15.1. The topological polar surface area (TPSA) is 29.5 Å². The summed E-state index contributed by atoms with van der Waals surface area (Å²) < 4.78 is 18.7. The number of halogens is 1.